The highest BCUT2D eigenvalue weighted by molar-refractivity contribution is 5.74. The number of rotatable bonds is 2. The Labute approximate surface area is 91.7 Å². The zero-order valence-corrected chi connectivity index (χ0v) is 9.01. The number of carbonyl (C=O) groups excluding carboxylic acids is 1. The summed E-state index contributed by atoms with van der Waals surface area (Å²) in [5.74, 6) is 0. The molecule has 0 aromatic heterocycles. The van der Waals surface area contributed by atoms with Crippen LogP contribution < -0.4 is 5.32 Å². The third-order valence-electron chi connectivity index (χ3n) is 2.40. The Balaban J connectivity index is 2.45. The molecular weight excluding hydrogens is 225 g/mol. The van der Waals surface area contributed by atoms with Gasteiger partial charge in [-0.2, -0.15) is 13.2 Å². The Kier molecular flexibility index (Phi) is 4.40. The number of carbonyl (C=O) groups is 1. The number of alkyl halides is 3. The van der Waals surface area contributed by atoms with Gasteiger partial charge in [0.15, 0.2) is 0 Å². The van der Waals surface area contributed by atoms with Crippen molar-refractivity contribution in [1.29, 1.82) is 0 Å². The normalized spacial score (nSPS) is 22.0. The number of ether oxygens (including phenoxy) is 1. The number of amides is 2. The van der Waals surface area contributed by atoms with Gasteiger partial charge in [0.2, 0.25) is 0 Å². The lowest BCUT2D eigenvalue weighted by Gasteiger charge is -2.35. The summed E-state index contributed by atoms with van der Waals surface area (Å²) < 4.78 is 40.9. The molecule has 0 aliphatic carbocycles. The number of urea groups is 1. The van der Waals surface area contributed by atoms with Crippen molar-refractivity contribution in [3.63, 3.8) is 0 Å². The van der Waals surface area contributed by atoms with Crippen molar-refractivity contribution in [2.24, 2.45) is 0 Å². The molecule has 1 heterocycles. The maximum absolute atomic E-state index is 11.9. The smallest absolute Gasteiger partial charge is 0.377 e. The van der Waals surface area contributed by atoms with Crippen LogP contribution >= 0.6 is 0 Å². The molecule has 0 aromatic carbocycles. The van der Waals surface area contributed by atoms with E-state index in [4.69, 9.17) is 4.74 Å². The fourth-order valence-corrected chi connectivity index (χ4v) is 1.54. The summed E-state index contributed by atoms with van der Waals surface area (Å²) in [5, 5.41) is 1.86. The van der Waals surface area contributed by atoms with Gasteiger partial charge < -0.3 is 15.0 Å². The highest BCUT2D eigenvalue weighted by Crippen LogP contribution is 2.14. The summed E-state index contributed by atoms with van der Waals surface area (Å²) in [6, 6.07) is -0.811. The standard InChI is InChI=1S/C9H15F3N2O2/c1-2-7-5-16-4-3-14(7)8(15)13-6-9(10,11)12/h7H,2-6H2,1H3,(H,13,15). The predicted molar refractivity (Wildman–Crippen MR) is 51.1 cm³/mol. The summed E-state index contributed by atoms with van der Waals surface area (Å²) in [4.78, 5) is 12.9. The van der Waals surface area contributed by atoms with Crippen LogP contribution in [0.3, 0.4) is 0 Å². The van der Waals surface area contributed by atoms with Crippen molar-refractivity contribution in [2.75, 3.05) is 26.3 Å². The Morgan fingerprint density at radius 1 is 1.56 bits per heavy atom. The summed E-state index contributed by atoms with van der Waals surface area (Å²) >= 11 is 0. The molecule has 0 bridgehead atoms. The molecule has 1 rings (SSSR count). The first-order valence-corrected chi connectivity index (χ1v) is 5.13. The second-order valence-corrected chi connectivity index (χ2v) is 3.60. The fraction of sp³-hybridized carbons (Fsp3) is 0.889. The topological polar surface area (TPSA) is 41.6 Å². The molecule has 1 saturated heterocycles. The highest BCUT2D eigenvalue weighted by atomic mass is 19.4. The lowest BCUT2D eigenvalue weighted by molar-refractivity contribution is -0.123. The third-order valence-corrected chi connectivity index (χ3v) is 2.40. The molecule has 0 saturated carbocycles. The zero-order chi connectivity index (χ0) is 12.2. The van der Waals surface area contributed by atoms with Gasteiger partial charge in [-0.05, 0) is 6.42 Å². The SMILES string of the molecule is CCC1COCCN1C(=O)NCC(F)(F)F. The molecular formula is C9H15F3N2O2. The average molecular weight is 240 g/mol. The van der Waals surface area contributed by atoms with E-state index in [2.05, 4.69) is 0 Å². The monoisotopic (exact) mass is 240 g/mol. The first kappa shape index (κ1) is 13.1. The van der Waals surface area contributed by atoms with Gasteiger partial charge in [0.1, 0.15) is 6.54 Å². The second-order valence-electron chi connectivity index (χ2n) is 3.60. The number of nitrogens with one attached hydrogen (secondary N) is 1. The van der Waals surface area contributed by atoms with Crippen molar-refractivity contribution in [2.45, 2.75) is 25.6 Å². The number of morpholine rings is 1. The minimum absolute atomic E-state index is 0.137. The first-order valence-electron chi connectivity index (χ1n) is 5.13. The van der Waals surface area contributed by atoms with Crippen LogP contribution in [-0.2, 0) is 4.74 Å². The molecule has 94 valence electrons. The molecule has 0 aromatic rings. The van der Waals surface area contributed by atoms with E-state index >= 15 is 0 Å². The fourth-order valence-electron chi connectivity index (χ4n) is 1.54. The lowest BCUT2D eigenvalue weighted by atomic mass is 10.2. The summed E-state index contributed by atoms with van der Waals surface area (Å²) in [6.07, 6.45) is -3.71. The molecule has 2 amide bonds. The zero-order valence-electron chi connectivity index (χ0n) is 9.01. The number of nitrogens with zero attached hydrogens (tertiary/aromatic N) is 1. The number of halogens is 3. The minimum atomic E-state index is -4.37. The van der Waals surface area contributed by atoms with Gasteiger partial charge in [0, 0.05) is 6.54 Å². The summed E-state index contributed by atoms with van der Waals surface area (Å²) in [6.45, 7) is 1.66. The van der Waals surface area contributed by atoms with Crippen molar-refractivity contribution in [3.05, 3.63) is 0 Å². The van der Waals surface area contributed by atoms with Crippen LogP contribution in [0.25, 0.3) is 0 Å². The quantitative estimate of drug-likeness (QED) is 0.792. The number of hydrogen-bond donors (Lipinski definition) is 1. The predicted octanol–water partition coefficient (Wildman–Crippen LogP) is 1.37. The van der Waals surface area contributed by atoms with E-state index in [1.807, 2.05) is 12.2 Å². The maximum Gasteiger partial charge on any atom is 0.405 e. The van der Waals surface area contributed by atoms with Crippen LogP contribution in [0.2, 0.25) is 0 Å². The first-order chi connectivity index (χ1) is 7.44. The highest BCUT2D eigenvalue weighted by Gasteiger charge is 2.31. The second kappa shape index (κ2) is 5.38. The largest absolute Gasteiger partial charge is 0.405 e. The molecule has 1 fully saturated rings. The van der Waals surface area contributed by atoms with E-state index in [0.29, 0.717) is 26.2 Å². The molecule has 1 atom stereocenters. The van der Waals surface area contributed by atoms with Crippen molar-refractivity contribution in [3.8, 4) is 0 Å². The molecule has 0 radical (unpaired) electrons. The van der Waals surface area contributed by atoms with Gasteiger partial charge in [-0.15, -0.1) is 0 Å². The molecule has 0 spiro atoms. The van der Waals surface area contributed by atoms with Gasteiger partial charge in [-0.3, -0.25) is 0 Å². The van der Waals surface area contributed by atoms with E-state index in [1.165, 1.54) is 4.90 Å². The minimum Gasteiger partial charge on any atom is -0.377 e. The molecule has 1 unspecified atom stereocenters. The molecule has 16 heavy (non-hydrogen) atoms. The van der Waals surface area contributed by atoms with Gasteiger partial charge in [-0.25, -0.2) is 4.79 Å². The van der Waals surface area contributed by atoms with Crippen LogP contribution in [0.1, 0.15) is 13.3 Å². The van der Waals surface area contributed by atoms with Crippen molar-refractivity contribution < 1.29 is 22.7 Å². The van der Waals surface area contributed by atoms with Crippen molar-refractivity contribution >= 4 is 6.03 Å². The van der Waals surface area contributed by atoms with Crippen LogP contribution in [0.5, 0.6) is 0 Å². The third kappa shape index (κ3) is 3.88. The lowest BCUT2D eigenvalue weighted by Crippen LogP contribution is -2.53. The maximum atomic E-state index is 11.9. The Morgan fingerprint density at radius 2 is 2.25 bits per heavy atom. The summed E-state index contributed by atoms with van der Waals surface area (Å²) in [5.41, 5.74) is 0. The van der Waals surface area contributed by atoms with Gasteiger partial charge in [0.05, 0.1) is 19.3 Å². The molecule has 1 aliphatic heterocycles. The molecule has 4 nitrogen and oxygen atoms in total. The Bertz CT molecular complexity index is 245. The molecule has 1 N–H and O–H groups in total. The molecule has 7 heteroatoms. The van der Waals surface area contributed by atoms with Gasteiger partial charge in [-0.1, -0.05) is 6.92 Å². The van der Waals surface area contributed by atoms with Crippen LogP contribution in [0, 0.1) is 0 Å². The Hall–Kier alpha value is -0.980. The van der Waals surface area contributed by atoms with Gasteiger partial charge >= 0.3 is 12.2 Å². The van der Waals surface area contributed by atoms with E-state index in [0.717, 1.165) is 0 Å². The Morgan fingerprint density at radius 3 is 2.81 bits per heavy atom. The van der Waals surface area contributed by atoms with E-state index in [-0.39, 0.29) is 6.04 Å². The van der Waals surface area contributed by atoms with Crippen molar-refractivity contribution in [1.82, 2.24) is 10.2 Å². The van der Waals surface area contributed by atoms with E-state index in [9.17, 15) is 18.0 Å². The van der Waals surface area contributed by atoms with Crippen LogP contribution in [0.15, 0.2) is 0 Å². The van der Waals surface area contributed by atoms with Gasteiger partial charge in [0.25, 0.3) is 0 Å². The van der Waals surface area contributed by atoms with E-state index < -0.39 is 18.8 Å². The van der Waals surface area contributed by atoms with E-state index in [1.54, 1.807) is 0 Å². The molecule has 1 aliphatic rings. The summed E-state index contributed by atoms with van der Waals surface area (Å²) in [7, 11) is 0. The van der Waals surface area contributed by atoms with Crippen LogP contribution in [-0.4, -0.2) is 49.5 Å². The average Bonchev–Trinajstić information content (AvgIpc) is 2.25. The number of hydrogen-bond acceptors (Lipinski definition) is 2. The van der Waals surface area contributed by atoms with Crippen LogP contribution in [0.4, 0.5) is 18.0 Å².